The Morgan fingerprint density at radius 1 is 1.22 bits per heavy atom. The zero-order chi connectivity index (χ0) is 19.4. The van der Waals surface area contributed by atoms with Crippen molar-refractivity contribution >= 4 is 23.4 Å². The quantitative estimate of drug-likeness (QED) is 0.397. The molecule has 7 nitrogen and oxygen atoms in total. The van der Waals surface area contributed by atoms with E-state index in [0.29, 0.717) is 16.3 Å². The number of benzene rings is 1. The highest BCUT2D eigenvalue weighted by Gasteiger charge is 2.17. The van der Waals surface area contributed by atoms with E-state index >= 15 is 0 Å². The van der Waals surface area contributed by atoms with E-state index in [0.717, 1.165) is 16.8 Å². The van der Waals surface area contributed by atoms with Crippen molar-refractivity contribution in [3.05, 3.63) is 70.5 Å². The minimum absolute atomic E-state index is 0.000255. The van der Waals surface area contributed by atoms with Crippen molar-refractivity contribution in [3.63, 3.8) is 0 Å². The molecular weight excluding hydrogens is 364 g/mol. The lowest BCUT2D eigenvalue weighted by atomic mass is 9.96. The van der Waals surface area contributed by atoms with Gasteiger partial charge in [-0.25, -0.2) is 4.98 Å². The maximum Gasteiger partial charge on any atom is 0.270 e. The standard InChI is InChI=1S/C19H16N4O3S/c1-12-19(16-7-2-3-8-21-16)15(10-18(22-12)27-11-17(20)24)13-5-4-6-14(9-13)23(25)26/h2-10H,11H2,1H3,(H2,20,24). The van der Waals surface area contributed by atoms with Crippen LogP contribution in [0.2, 0.25) is 0 Å². The van der Waals surface area contributed by atoms with E-state index in [9.17, 15) is 14.9 Å². The largest absolute Gasteiger partial charge is 0.369 e. The molecule has 136 valence electrons. The number of primary amides is 1. The van der Waals surface area contributed by atoms with Crippen LogP contribution < -0.4 is 5.73 Å². The molecule has 0 aliphatic rings. The molecule has 1 amide bonds. The summed E-state index contributed by atoms with van der Waals surface area (Å²) >= 11 is 1.23. The van der Waals surface area contributed by atoms with Crippen LogP contribution in [0.15, 0.2) is 59.8 Å². The van der Waals surface area contributed by atoms with Gasteiger partial charge in [-0.3, -0.25) is 19.9 Å². The number of hydrogen-bond donors (Lipinski definition) is 1. The minimum atomic E-state index is -0.440. The van der Waals surface area contributed by atoms with Crippen molar-refractivity contribution in [2.75, 3.05) is 5.75 Å². The van der Waals surface area contributed by atoms with Gasteiger partial charge in [0.2, 0.25) is 5.91 Å². The molecule has 8 heteroatoms. The first-order valence-corrected chi connectivity index (χ1v) is 9.03. The Labute approximate surface area is 159 Å². The number of amides is 1. The van der Waals surface area contributed by atoms with Gasteiger partial charge in [-0.2, -0.15) is 0 Å². The highest BCUT2D eigenvalue weighted by molar-refractivity contribution is 7.99. The number of carbonyl (C=O) groups is 1. The molecule has 0 bridgehead atoms. The molecule has 0 spiro atoms. The summed E-state index contributed by atoms with van der Waals surface area (Å²) in [6.45, 7) is 1.85. The predicted molar refractivity (Wildman–Crippen MR) is 104 cm³/mol. The molecule has 0 aliphatic heterocycles. The van der Waals surface area contributed by atoms with Gasteiger partial charge in [-0.15, -0.1) is 0 Å². The first-order valence-electron chi connectivity index (χ1n) is 8.04. The first kappa shape index (κ1) is 18.5. The van der Waals surface area contributed by atoms with Crippen molar-refractivity contribution < 1.29 is 9.72 Å². The third kappa shape index (κ3) is 4.29. The fourth-order valence-electron chi connectivity index (χ4n) is 2.71. The molecule has 1 aromatic carbocycles. The number of pyridine rings is 2. The van der Waals surface area contributed by atoms with Gasteiger partial charge in [-0.05, 0) is 36.2 Å². The minimum Gasteiger partial charge on any atom is -0.369 e. The lowest BCUT2D eigenvalue weighted by molar-refractivity contribution is -0.384. The molecule has 3 aromatic rings. The Morgan fingerprint density at radius 3 is 2.70 bits per heavy atom. The summed E-state index contributed by atoms with van der Waals surface area (Å²) < 4.78 is 0. The van der Waals surface area contributed by atoms with Crippen LogP contribution in [-0.2, 0) is 4.79 Å². The van der Waals surface area contributed by atoms with Gasteiger partial charge >= 0.3 is 0 Å². The zero-order valence-electron chi connectivity index (χ0n) is 14.5. The molecule has 3 rings (SSSR count). The fraction of sp³-hybridized carbons (Fsp3) is 0.105. The van der Waals surface area contributed by atoms with E-state index in [2.05, 4.69) is 9.97 Å². The van der Waals surface area contributed by atoms with Crippen molar-refractivity contribution in [2.24, 2.45) is 5.73 Å². The van der Waals surface area contributed by atoms with Crippen molar-refractivity contribution in [2.45, 2.75) is 11.9 Å². The van der Waals surface area contributed by atoms with Gasteiger partial charge in [0.1, 0.15) is 0 Å². The van der Waals surface area contributed by atoms with E-state index in [1.165, 1.54) is 23.9 Å². The maximum atomic E-state index is 11.2. The van der Waals surface area contributed by atoms with Gasteiger partial charge in [0.15, 0.2) is 0 Å². The third-order valence-electron chi connectivity index (χ3n) is 3.83. The second-order valence-electron chi connectivity index (χ2n) is 5.75. The van der Waals surface area contributed by atoms with Crippen LogP contribution in [0.1, 0.15) is 5.69 Å². The molecule has 27 heavy (non-hydrogen) atoms. The maximum absolute atomic E-state index is 11.2. The van der Waals surface area contributed by atoms with Crippen molar-refractivity contribution in [3.8, 4) is 22.4 Å². The number of rotatable bonds is 6. The smallest absolute Gasteiger partial charge is 0.270 e. The molecule has 0 atom stereocenters. The van der Waals surface area contributed by atoms with Crippen LogP contribution in [0.3, 0.4) is 0 Å². The number of carbonyl (C=O) groups excluding carboxylic acids is 1. The summed E-state index contributed by atoms with van der Waals surface area (Å²) in [5.74, 6) is -0.339. The molecule has 2 aromatic heterocycles. The molecule has 2 heterocycles. The molecule has 0 radical (unpaired) electrons. The summed E-state index contributed by atoms with van der Waals surface area (Å²) in [5, 5.41) is 11.8. The van der Waals surface area contributed by atoms with Crippen LogP contribution in [-0.4, -0.2) is 26.6 Å². The molecule has 0 aliphatic carbocycles. The number of aromatic nitrogens is 2. The van der Waals surface area contributed by atoms with Crippen molar-refractivity contribution in [1.82, 2.24) is 9.97 Å². The number of nitro benzene ring substituents is 1. The second kappa shape index (κ2) is 7.96. The van der Waals surface area contributed by atoms with E-state index < -0.39 is 10.8 Å². The number of nitrogens with zero attached hydrogens (tertiary/aromatic N) is 3. The molecule has 0 saturated heterocycles. The highest BCUT2D eigenvalue weighted by Crippen LogP contribution is 2.36. The van der Waals surface area contributed by atoms with Crippen molar-refractivity contribution in [1.29, 1.82) is 0 Å². The molecule has 0 unspecified atom stereocenters. The lowest BCUT2D eigenvalue weighted by Gasteiger charge is -2.14. The first-order chi connectivity index (χ1) is 13.0. The van der Waals surface area contributed by atoms with Gasteiger partial charge in [0.05, 0.1) is 21.4 Å². The molecule has 0 saturated carbocycles. The van der Waals surface area contributed by atoms with Crippen LogP contribution in [0, 0.1) is 17.0 Å². The molecule has 0 fully saturated rings. The van der Waals surface area contributed by atoms with Crippen LogP contribution in [0.25, 0.3) is 22.4 Å². The van der Waals surface area contributed by atoms with Gasteiger partial charge in [0.25, 0.3) is 5.69 Å². The monoisotopic (exact) mass is 380 g/mol. The summed E-state index contributed by atoms with van der Waals surface area (Å²) in [7, 11) is 0. The predicted octanol–water partition coefficient (Wildman–Crippen LogP) is 3.60. The number of aryl methyl sites for hydroxylation is 1. The lowest BCUT2D eigenvalue weighted by Crippen LogP contribution is -2.13. The molecule has 2 N–H and O–H groups in total. The second-order valence-corrected chi connectivity index (χ2v) is 6.74. The highest BCUT2D eigenvalue weighted by atomic mass is 32.2. The summed E-state index contributed by atoms with van der Waals surface area (Å²) in [6.07, 6.45) is 1.68. The Kier molecular flexibility index (Phi) is 5.46. The third-order valence-corrected chi connectivity index (χ3v) is 4.76. The number of nitro groups is 1. The van der Waals surface area contributed by atoms with E-state index in [1.807, 2.05) is 31.2 Å². The van der Waals surface area contributed by atoms with Gasteiger partial charge in [0, 0.05) is 29.6 Å². The Hall–Kier alpha value is -3.26. The summed E-state index contributed by atoms with van der Waals surface area (Å²) in [4.78, 5) is 30.8. The fourth-order valence-corrected chi connectivity index (χ4v) is 3.40. The topological polar surface area (TPSA) is 112 Å². The van der Waals surface area contributed by atoms with Crippen LogP contribution in [0.4, 0.5) is 5.69 Å². The van der Waals surface area contributed by atoms with Crippen LogP contribution in [0.5, 0.6) is 0 Å². The number of nitrogens with two attached hydrogens (primary N) is 1. The normalized spacial score (nSPS) is 10.6. The number of thioether (sulfide) groups is 1. The number of hydrogen-bond acceptors (Lipinski definition) is 6. The Bertz CT molecular complexity index is 1010. The number of non-ortho nitro benzene ring substituents is 1. The summed E-state index contributed by atoms with van der Waals surface area (Å²) in [6, 6.07) is 13.8. The SMILES string of the molecule is Cc1nc(SCC(N)=O)cc(-c2cccc([N+](=O)[O-])c2)c1-c1ccccn1. The van der Waals surface area contributed by atoms with Crippen LogP contribution >= 0.6 is 11.8 Å². The van der Waals surface area contributed by atoms with Gasteiger partial charge < -0.3 is 5.73 Å². The average molecular weight is 380 g/mol. The van der Waals surface area contributed by atoms with E-state index in [4.69, 9.17) is 5.73 Å². The Balaban J connectivity index is 2.20. The van der Waals surface area contributed by atoms with Gasteiger partial charge in [-0.1, -0.05) is 30.0 Å². The van der Waals surface area contributed by atoms with E-state index in [1.54, 1.807) is 18.3 Å². The average Bonchev–Trinajstić information content (AvgIpc) is 2.66. The zero-order valence-corrected chi connectivity index (χ0v) is 15.3. The summed E-state index contributed by atoms with van der Waals surface area (Å²) in [5.41, 5.74) is 8.89. The van der Waals surface area contributed by atoms with E-state index in [-0.39, 0.29) is 11.4 Å². The Morgan fingerprint density at radius 2 is 2.04 bits per heavy atom. The molecular formula is C19H16N4O3S.